The molecule has 21 heavy (non-hydrogen) atoms. The monoisotopic (exact) mass is 281 g/mol. The van der Waals surface area contributed by atoms with Crippen molar-refractivity contribution in [3.8, 4) is 0 Å². The number of nitrogens with one attached hydrogen (secondary N) is 1. The molecule has 2 aromatic carbocycles. The number of hydrogen-bond donors (Lipinski definition) is 1. The van der Waals surface area contributed by atoms with Crippen LogP contribution in [-0.4, -0.2) is 38.1 Å². The Morgan fingerprint density at radius 2 is 1.67 bits per heavy atom. The van der Waals surface area contributed by atoms with Crippen LogP contribution in [0.4, 0.5) is 11.4 Å². The Morgan fingerprint density at radius 3 is 2.38 bits per heavy atom. The molecular formula is C18H23N3. The van der Waals surface area contributed by atoms with Gasteiger partial charge < -0.3 is 10.2 Å². The number of piperazine rings is 1. The Bertz CT molecular complexity index is 560. The van der Waals surface area contributed by atoms with Gasteiger partial charge in [-0.15, -0.1) is 0 Å². The van der Waals surface area contributed by atoms with Crippen molar-refractivity contribution >= 4 is 11.4 Å². The molecule has 3 heteroatoms. The summed E-state index contributed by atoms with van der Waals surface area (Å²) in [5.41, 5.74) is 3.91. The van der Waals surface area contributed by atoms with Crippen LogP contribution >= 0.6 is 0 Å². The lowest BCUT2D eigenvalue weighted by Crippen LogP contribution is -2.45. The predicted octanol–water partition coefficient (Wildman–Crippen LogP) is 3.05. The summed E-state index contributed by atoms with van der Waals surface area (Å²) in [6.07, 6.45) is 0. The first-order chi connectivity index (χ1) is 10.3. The molecule has 2 aromatic rings. The molecule has 0 saturated carbocycles. The minimum absolute atomic E-state index is 1.06. The van der Waals surface area contributed by atoms with E-state index in [2.05, 4.69) is 69.7 Å². The van der Waals surface area contributed by atoms with E-state index in [0.717, 1.165) is 32.7 Å². The molecule has 0 radical (unpaired) electrons. The van der Waals surface area contributed by atoms with Crippen molar-refractivity contribution in [3.05, 3.63) is 60.2 Å². The fourth-order valence-electron chi connectivity index (χ4n) is 2.86. The molecule has 1 fully saturated rings. The van der Waals surface area contributed by atoms with Gasteiger partial charge in [-0.3, -0.25) is 4.90 Å². The van der Waals surface area contributed by atoms with Crippen molar-refractivity contribution in [2.75, 3.05) is 43.4 Å². The van der Waals surface area contributed by atoms with E-state index in [1.807, 2.05) is 7.05 Å². The largest absolute Gasteiger partial charge is 0.388 e. The third-order valence-corrected chi connectivity index (χ3v) is 4.12. The summed E-state index contributed by atoms with van der Waals surface area (Å²) < 4.78 is 0. The van der Waals surface area contributed by atoms with E-state index in [-0.39, 0.29) is 0 Å². The molecule has 110 valence electrons. The van der Waals surface area contributed by atoms with Crippen molar-refractivity contribution in [1.29, 1.82) is 0 Å². The highest BCUT2D eigenvalue weighted by molar-refractivity contribution is 5.58. The van der Waals surface area contributed by atoms with Crippen LogP contribution in [0.5, 0.6) is 0 Å². The first-order valence-electron chi connectivity index (χ1n) is 7.64. The van der Waals surface area contributed by atoms with E-state index in [0.29, 0.717) is 0 Å². The van der Waals surface area contributed by atoms with Gasteiger partial charge in [0.15, 0.2) is 0 Å². The van der Waals surface area contributed by atoms with Gasteiger partial charge in [-0.25, -0.2) is 0 Å². The van der Waals surface area contributed by atoms with Gasteiger partial charge in [-0.2, -0.15) is 0 Å². The minimum atomic E-state index is 1.06. The number of anilines is 2. The van der Waals surface area contributed by atoms with Gasteiger partial charge in [-0.1, -0.05) is 36.4 Å². The number of hydrogen-bond acceptors (Lipinski definition) is 3. The van der Waals surface area contributed by atoms with Crippen LogP contribution in [0.3, 0.4) is 0 Å². The minimum Gasteiger partial charge on any atom is -0.388 e. The molecule has 0 spiro atoms. The lowest BCUT2D eigenvalue weighted by molar-refractivity contribution is 0.250. The molecule has 3 rings (SSSR count). The van der Waals surface area contributed by atoms with E-state index >= 15 is 0 Å². The first-order valence-corrected chi connectivity index (χ1v) is 7.64. The molecule has 0 aliphatic carbocycles. The summed E-state index contributed by atoms with van der Waals surface area (Å²) in [5, 5.41) is 3.21. The normalized spacial score (nSPS) is 16.0. The van der Waals surface area contributed by atoms with Crippen LogP contribution in [0.1, 0.15) is 5.56 Å². The summed E-state index contributed by atoms with van der Waals surface area (Å²) >= 11 is 0. The smallest absolute Gasteiger partial charge is 0.0387 e. The Morgan fingerprint density at radius 1 is 0.905 bits per heavy atom. The average Bonchev–Trinajstić information content (AvgIpc) is 2.56. The van der Waals surface area contributed by atoms with Crippen LogP contribution in [0.15, 0.2) is 54.6 Å². The van der Waals surface area contributed by atoms with Crippen LogP contribution < -0.4 is 10.2 Å². The maximum absolute atomic E-state index is 3.21. The fraction of sp³-hybridized carbons (Fsp3) is 0.333. The van der Waals surface area contributed by atoms with Crippen molar-refractivity contribution in [2.45, 2.75) is 6.54 Å². The zero-order valence-corrected chi connectivity index (χ0v) is 12.6. The molecule has 0 atom stereocenters. The molecule has 1 N–H and O–H groups in total. The first kappa shape index (κ1) is 14.0. The van der Waals surface area contributed by atoms with Crippen molar-refractivity contribution in [2.24, 2.45) is 0 Å². The SMILES string of the molecule is CNc1cccc(N2CCN(Cc3ccccc3)CC2)c1. The van der Waals surface area contributed by atoms with Crippen molar-refractivity contribution < 1.29 is 0 Å². The van der Waals surface area contributed by atoms with Gasteiger partial charge in [0.05, 0.1) is 0 Å². The highest BCUT2D eigenvalue weighted by atomic mass is 15.3. The van der Waals surface area contributed by atoms with Gasteiger partial charge in [0.2, 0.25) is 0 Å². The highest BCUT2D eigenvalue weighted by Gasteiger charge is 2.17. The Balaban J connectivity index is 1.57. The van der Waals surface area contributed by atoms with Gasteiger partial charge in [0.1, 0.15) is 0 Å². The molecule has 1 saturated heterocycles. The average molecular weight is 281 g/mol. The van der Waals surface area contributed by atoms with Crippen LogP contribution in [-0.2, 0) is 6.54 Å². The summed E-state index contributed by atoms with van der Waals surface area (Å²) in [7, 11) is 1.97. The topological polar surface area (TPSA) is 18.5 Å². The zero-order chi connectivity index (χ0) is 14.5. The second-order valence-electron chi connectivity index (χ2n) is 5.55. The quantitative estimate of drug-likeness (QED) is 0.929. The zero-order valence-electron chi connectivity index (χ0n) is 12.6. The molecular weight excluding hydrogens is 258 g/mol. The van der Waals surface area contributed by atoms with Crippen LogP contribution in [0.25, 0.3) is 0 Å². The van der Waals surface area contributed by atoms with Gasteiger partial charge in [-0.05, 0) is 23.8 Å². The maximum Gasteiger partial charge on any atom is 0.0387 e. The van der Waals surface area contributed by atoms with Crippen LogP contribution in [0, 0.1) is 0 Å². The number of benzene rings is 2. The second-order valence-corrected chi connectivity index (χ2v) is 5.55. The Kier molecular flexibility index (Phi) is 4.41. The molecule has 0 bridgehead atoms. The summed E-state index contributed by atoms with van der Waals surface area (Å²) in [6, 6.07) is 19.4. The predicted molar refractivity (Wildman–Crippen MR) is 89.9 cm³/mol. The molecule has 1 aliphatic rings. The lowest BCUT2D eigenvalue weighted by Gasteiger charge is -2.36. The van der Waals surface area contributed by atoms with Gasteiger partial charge in [0, 0.05) is 51.1 Å². The van der Waals surface area contributed by atoms with Gasteiger partial charge >= 0.3 is 0 Å². The van der Waals surface area contributed by atoms with Crippen molar-refractivity contribution in [3.63, 3.8) is 0 Å². The van der Waals surface area contributed by atoms with E-state index in [1.54, 1.807) is 0 Å². The van der Waals surface area contributed by atoms with E-state index in [4.69, 9.17) is 0 Å². The summed E-state index contributed by atoms with van der Waals surface area (Å²) in [6.45, 7) is 5.50. The van der Waals surface area contributed by atoms with E-state index in [9.17, 15) is 0 Å². The molecule has 1 heterocycles. The molecule has 3 nitrogen and oxygen atoms in total. The summed E-state index contributed by atoms with van der Waals surface area (Å²) in [4.78, 5) is 5.01. The fourth-order valence-corrected chi connectivity index (χ4v) is 2.86. The lowest BCUT2D eigenvalue weighted by atomic mass is 10.2. The molecule has 0 unspecified atom stereocenters. The third-order valence-electron chi connectivity index (χ3n) is 4.12. The highest BCUT2D eigenvalue weighted by Crippen LogP contribution is 2.21. The Hall–Kier alpha value is -2.00. The van der Waals surface area contributed by atoms with Crippen LogP contribution in [0.2, 0.25) is 0 Å². The standard InChI is InChI=1S/C18H23N3/c1-19-17-8-5-9-18(14-17)21-12-10-20(11-13-21)15-16-6-3-2-4-7-16/h2-9,14,19H,10-13,15H2,1H3. The number of rotatable bonds is 4. The molecule has 0 aromatic heterocycles. The summed E-state index contributed by atoms with van der Waals surface area (Å²) in [5.74, 6) is 0. The molecule has 1 aliphatic heterocycles. The third kappa shape index (κ3) is 3.56. The van der Waals surface area contributed by atoms with Gasteiger partial charge in [0.25, 0.3) is 0 Å². The number of nitrogens with zero attached hydrogens (tertiary/aromatic N) is 2. The van der Waals surface area contributed by atoms with Crippen molar-refractivity contribution in [1.82, 2.24) is 4.90 Å². The molecule has 0 amide bonds. The maximum atomic E-state index is 3.21. The van der Waals surface area contributed by atoms with E-state index in [1.165, 1.54) is 16.9 Å². The van der Waals surface area contributed by atoms with E-state index < -0.39 is 0 Å². The Labute approximate surface area is 127 Å². The second kappa shape index (κ2) is 6.64.